The van der Waals surface area contributed by atoms with Crippen LogP contribution in [0.5, 0.6) is 0 Å². The van der Waals surface area contributed by atoms with E-state index in [1.54, 1.807) is 6.92 Å². The molecule has 4 nitrogen and oxygen atoms in total. The van der Waals surface area contributed by atoms with Crippen molar-refractivity contribution in [2.75, 3.05) is 6.54 Å². The molecule has 1 aliphatic carbocycles. The second-order valence-electron chi connectivity index (χ2n) is 4.11. The molecule has 0 aromatic heterocycles. The highest BCUT2D eigenvalue weighted by atomic mass is 16.2. The Bertz CT molecular complexity index is 244. The summed E-state index contributed by atoms with van der Waals surface area (Å²) >= 11 is 0. The van der Waals surface area contributed by atoms with Gasteiger partial charge in [-0.3, -0.25) is 9.79 Å². The number of rotatable bonds is 4. The molecule has 0 aliphatic heterocycles. The Morgan fingerprint density at radius 1 is 1.53 bits per heavy atom. The number of nitrogens with zero attached hydrogens (tertiary/aromatic N) is 1. The SMILES string of the molecule is CCNC(=O)C(C)N=C(N)C1CCCC1. The fourth-order valence-corrected chi connectivity index (χ4v) is 1.93. The molecule has 1 aliphatic rings. The van der Waals surface area contributed by atoms with Gasteiger partial charge in [0.1, 0.15) is 6.04 Å². The number of likely N-dealkylation sites (N-methyl/N-ethyl adjacent to an activating group) is 1. The number of hydrogen-bond acceptors (Lipinski definition) is 2. The molecule has 0 saturated heterocycles. The molecule has 0 bridgehead atoms. The van der Waals surface area contributed by atoms with Gasteiger partial charge >= 0.3 is 0 Å². The first-order chi connectivity index (χ1) is 7.15. The Balaban J connectivity index is 2.49. The maximum atomic E-state index is 11.4. The zero-order valence-corrected chi connectivity index (χ0v) is 9.62. The molecule has 0 aromatic rings. The predicted molar refractivity (Wildman–Crippen MR) is 61.7 cm³/mol. The molecule has 1 atom stereocenters. The number of amidine groups is 1. The summed E-state index contributed by atoms with van der Waals surface area (Å²) in [6, 6.07) is -0.356. The lowest BCUT2D eigenvalue weighted by Gasteiger charge is -2.12. The van der Waals surface area contributed by atoms with E-state index in [9.17, 15) is 4.79 Å². The Labute approximate surface area is 91.3 Å². The molecule has 3 N–H and O–H groups in total. The smallest absolute Gasteiger partial charge is 0.244 e. The van der Waals surface area contributed by atoms with Crippen LogP contribution in [0.15, 0.2) is 4.99 Å². The van der Waals surface area contributed by atoms with E-state index in [-0.39, 0.29) is 11.9 Å². The second-order valence-corrected chi connectivity index (χ2v) is 4.11. The van der Waals surface area contributed by atoms with E-state index in [1.165, 1.54) is 12.8 Å². The molecule has 1 saturated carbocycles. The Morgan fingerprint density at radius 3 is 2.67 bits per heavy atom. The molecule has 0 radical (unpaired) electrons. The molecule has 15 heavy (non-hydrogen) atoms. The van der Waals surface area contributed by atoms with E-state index in [2.05, 4.69) is 10.3 Å². The van der Waals surface area contributed by atoms with Gasteiger partial charge in [-0.15, -0.1) is 0 Å². The number of aliphatic imine (C=N–C) groups is 1. The zero-order chi connectivity index (χ0) is 11.3. The maximum absolute atomic E-state index is 11.4. The number of carbonyl (C=O) groups is 1. The summed E-state index contributed by atoms with van der Waals surface area (Å²) in [6.45, 7) is 4.32. The van der Waals surface area contributed by atoms with Crippen LogP contribution in [-0.2, 0) is 4.79 Å². The van der Waals surface area contributed by atoms with Crippen LogP contribution in [0.4, 0.5) is 0 Å². The lowest BCUT2D eigenvalue weighted by Crippen LogP contribution is -2.34. The second kappa shape index (κ2) is 5.73. The van der Waals surface area contributed by atoms with Gasteiger partial charge in [-0.2, -0.15) is 0 Å². The summed E-state index contributed by atoms with van der Waals surface area (Å²) in [5.41, 5.74) is 5.88. The van der Waals surface area contributed by atoms with Crippen molar-refractivity contribution in [1.82, 2.24) is 5.32 Å². The summed E-state index contributed by atoms with van der Waals surface area (Å²) in [5, 5.41) is 2.74. The third-order valence-corrected chi connectivity index (χ3v) is 2.85. The van der Waals surface area contributed by atoms with Gasteiger partial charge in [-0.25, -0.2) is 0 Å². The topological polar surface area (TPSA) is 67.5 Å². The Morgan fingerprint density at radius 2 is 2.13 bits per heavy atom. The first-order valence-electron chi connectivity index (χ1n) is 5.76. The van der Waals surface area contributed by atoms with Gasteiger partial charge in [-0.1, -0.05) is 12.8 Å². The minimum Gasteiger partial charge on any atom is -0.387 e. The summed E-state index contributed by atoms with van der Waals surface area (Å²) in [7, 11) is 0. The van der Waals surface area contributed by atoms with Gasteiger partial charge in [0.25, 0.3) is 0 Å². The Hall–Kier alpha value is -1.06. The summed E-state index contributed by atoms with van der Waals surface area (Å²) in [4.78, 5) is 15.7. The van der Waals surface area contributed by atoms with Crippen LogP contribution in [-0.4, -0.2) is 24.3 Å². The predicted octanol–water partition coefficient (Wildman–Crippen LogP) is 1.06. The molecule has 4 heteroatoms. The Kier molecular flexibility index (Phi) is 4.59. The zero-order valence-electron chi connectivity index (χ0n) is 9.62. The molecule has 1 unspecified atom stereocenters. The molecule has 1 rings (SSSR count). The monoisotopic (exact) mass is 211 g/mol. The van der Waals surface area contributed by atoms with Crippen molar-refractivity contribution in [3.05, 3.63) is 0 Å². The summed E-state index contributed by atoms with van der Waals surface area (Å²) < 4.78 is 0. The van der Waals surface area contributed by atoms with E-state index in [1.807, 2.05) is 6.92 Å². The third kappa shape index (κ3) is 3.53. The van der Waals surface area contributed by atoms with Crippen LogP contribution in [0, 0.1) is 5.92 Å². The minimum absolute atomic E-state index is 0.0431. The average molecular weight is 211 g/mol. The van der Waals surface area contributed by atoms with Crippen molar-refractivity contribution in [3.63, 3.8) is 0 Å². The van der Waals surface area contributed by atoms with Gasteiger partial charge in [0, 0.05) is 12.5 Å². The quantitative estimate of drug-likeness (QED) is 0.539. The molecule has 0 heterocycles. The highest BCUT2D eigenvalue weighted by molar-refractivity contribution is 5.88. The van der Waals surface area contributed by atoms with Crippen molar-refractivity contribution in [2.45, 2.75) is 45.6 Å². The van der Waals surface area contributed by atoms with Crippen molar-refractivity contribution in [2.24, 2.45) is 16.6 Å². The molecule has 0 aromatic carbocycles. The molecule has 1 amide bonds. The van der Waals surface area contributed by atoms with Crippen LogP contribution in [0.3, 0.4) is 0 Å². The van der Waals surface area contributed by atoms with Crippen LogP contribution in [0.2, 0.25) is 0 Å². The number of hydrogen-bond donors (Lipinski definition) is 2. The highest BCUT2D eigenvalue weighted by Gasteiger charge is 2.20. The summed E-state index contributed by atoms with van der Waals surface area (Å²) in [5.74, 6) is 1.02. The lowest BCUT2D eigenvalue weighted by molar-refractivity contribution is -0.121. The van der Waals surface area contributed by atoms with Crippen LogP contribution >= 0.6 is 0 Å². The lowest BCUT2D eigenvalue weighted by atomic mass is 10.1. The molecule has 86 valence electrons. The number of nitrogens with two attached hydrogens (primary N) is 1. The first kappa shape index (κ1) is 12.0. The number of amides is 1. The fraction of sp³-hybridized carbons (Fsp3) is 0.818. The molecular formula is C11H21N3O. The van der Waals surface area contributed by atoms with Gasteiger partial charge < -0.3 is 11.1 Å². The normalized spacial score (nSPS) is 20.3. The maximum Gasteiger partial charge on any atom is 0.244 e. The van der Waals surface area contributed by atoms with Gasteiger partial charge in [0.05, 0.1) is 5.84 Å². The van der Waals surface area contributed by atoms with Gasteiger partial charge in [0.15, 0.2) is 0 Å². The van der Waals surface area contributed by atoms with E-state index >= 15 is 0 Å². The van der Waals surface area contributed by atoms with Crippen molar-refractivity contribution in [1.29, 1.82) is 0 Å². The number of nitrogens with one attached hydrogen (secondary N) is 1. The van der Waals surface area contributed by atoms with Gasteiger partial charge in [-0.05, 0) is 26.7 Å². The minimum atomic E-state index is -0.356. The molecule has 0 spiro atoms. The van der Waals surface area contributed by atoms with E-state index in [0.29, 0.717) is 18.3 Å². The van der Waals surface area contributed by atoms with E-state index in [4.69, 9.17) is 5.73 Å². The van der Waals surface area contributed by atoms with Crippen molar-refractivity contribution < 1.29 is 4.79 Å². The van der Waals surface area contributed by atoms with Crippen LogP contribution in [0.25, 0.3) is 0 Å². The third-order valence-electron chi connectivity index (χ3n) is 2.85. The van der Waals surface area contributed by atoms with E-state index < -0.39 is 0 Å². The van der Waals surface area contributed by atoms with E-state index in [0.717, 1.165) is 12.8 Å². The average Bonchev–Trinajstić information content (AvgIpc) is 2.70. The standard InChI is InChI=1S/C11H21N3O/c1-3-13-11(15)8(2)14-10(12)9-6-4-5-7-9/h8-9H,3-7H2,1-2H3,(H2,12,14)(H,13,15). The summed E-state index contributed by atoms with van der Waals surface area (Å²) in [6.07, 6.45) is 4.71. The largest absolute Gasteiger partial charge is 0.387 e. The van der Waals surface area contributed by atoms with Crippen molar-refractivity contribution >= 4 is 11.7 Å². The fourth-order valence-electron chi connectivity index (χ4n) is 1.93. The van der Waals surface area contributed by atoms with Crippen molar-refractivity contribution in [3.8, 4) is 0 Å². The first-order valence-corrected chi connectivity index (χ1v) is 5.76. The van der Waals surface area contributed by atoms with Gasteiger partial charge in [0.2, 0.25) is 5.91 Å². The van der Waals surface area contributed by atoms with Crippen LogP contribution in [0.1, 0.15) is 39.5 Å². The number of carbonyl (C=O) groups excluding carboxylic acids is 1. The van der Waals surface area contributed by atoms with Crippen LogP contribution < -0.4 is 11.1 Å². The molecule has 1 fully saturated rings. The highest BCUT2D eigenvalue weighted by Crippen LogP contribution is 2.24. The molecular weight excluding hydrogens is 190 g/mol.